The largest absolute Gasteiger partial charge is 0.428 e. The van der Waals surface area contributed by atoms with Crippen LogP contribution in [-0.2, 0) is 6.18 Å². The number of aromatic amines is 1. The number of aromatic nitrogens is 1. The zero-order valence-corrected chi connectivity index (χ0v) is 10.4. The van der Waals surface area contributed by atoms with Crippen molar-refractivity contribution < 1.29 is 17.6 Å². The molecule has 0 spiro atoms. The normalized spacial score (nSPS) is 12.3. The predicted molar refractivity (Wildman–Crippen MR) is 59.1 cm³/mol. The third-order valence-electron chi connectivity index (χ3n) is 1.89. The molecule has 0 saturated heterocycles. The molecule has 8 heteroatoms. The van der Waals surface area contributed by atoms with Gasteiger partial charge in [-0.05, 0) is 34.2 Å². The van der Waals surface area contributed by atoms with Gasteiger partial charge in [-0.2, -0.15) is 13.2 Å². The Kier molecular flexibility index (Phi) is 2.80. The van der Waals surface area contributed by atoms with Crippen LogP contribution in [0, 0.1) is 4.84 Å². The van der Waals surface area contributed by atoms with Gasteiger partial charge in [0, 0.05) is 0 Å². The van der Waals surface area contributed by atoms with Gasteiger partial charge in [-0.1, -0.05) is 11.6 Å². The standard InChI is InChI=1S/C8H2BrClF3NOS/c9-2-1-3(10)4(8(11,12)13)5-6(2)15-7(16)14-5/h1H,(H,14,16). The molecule has 0 bridgehead atoms. The van der Waals surface area contributed by atoms with E-state index < -0.39 is 16.8 Å². The second-order valence-electron chi connectivity index (χ2n) is 2.93. The summed E-state index contributed by atoms with van der Waals surface area (Å²) in [6.45, 7) is 0. The van der Waals surface area contributed by atoms with Crippen molar-refractivity contribution in [1.82, 2.24) is 4.98 Å². The zero-order chi connectivity index (χ0) is 12.1. The van der Waals surface area contributed by atoms with Crippen LogP contribution in [0.15, 0.2) is 15.0 Å². The summed E-state index contributed by atoms with van der Waals surface area (Å²) in [5.74, 6) is 0. The summed E-state index contributed by atoms with van der Waals surface area (Å²) < 4.78 is 43.4. The Hall–Kier alpha value is -0.530. The highest BCUT2D eigenvalue weighted by Gasteiger charge is 2.37. The van der Waals surface area contributed by atoms with Gasteiger partial charge in [-0.25, -0.2) is 0 Å². The van der Waals surface area contributed by atoms with Crippen LogP contribution in [-0.4, -0.2) is 4.98 Å². The van der Waals surface area contributed by atoms with Crippen LogP contribution in [0.25, 0.3) is 11.1 Å². The molecule has 2 rings (SSSR count). The summed E-state index contributed by atoms with van der Waals surface area (Å²) in [6, 6.07) is 1.12. The zero-order valence-electron chi connectivity index (χ0n) is 7.28. The molecule has 0 aliphatic rings. The molecule has 1 aromatic heterocycles. The Bertz CT molecular complexity index is 618. The molecule has 16 heavy (non-hydrogen) atoms. The van der Waals surface area contributed by atoms with E-state index in [0.29, 0.717) is 4.47 Å². The van der Waals surface area contributed by atoms with Gasteiger partial charge in [0.25, 0.3) is 4.84 Å². The highest BCUT2D eigenvalue weighted by molar-refractivity contribution is 9.10. The summed E-state index contributed by atoms with van der Waals surface area (Å²) >= 11 is 13.3. The van der Waals surface area contributed by atoms with Gasteiger partial charge < -0.3 is 9.40 Å². The van der Waals surface area contributed by atoms with Crippen molar-refractivity contribution in [3.05, 3.63) is 26.0 Å². The molecule has 0 unspecified atom stereocenters. The maximum absolute atomic E-state index is 12.7. The molecular weight excluding hydrogens is 331 g/mol. The van der Waals surface area contributed by atoms with Crippen molar-refractivity contribution in [2.75, 3.05) is 0 Å². The molecule has 0 atom stereocenters. The topological polar surface area (TPSA) is 28.9 Å². The summed E-state index contributed by atoms with van der Waals surface area (Å²) in [6.07, 6.45) is -4.57. The molecule has 0 fully saturated rings. The van der Waals surface area contributed by atoms with Crippen molar-refractivity contribution in [2.24, 2.45) is 0 Å². The summed E-state index contributed by atoms with van der Waals surface area (Å²) in [4.78, 5) is 2.19. The van der Waals surface area contributed by atoms with Crippen LogP contribution in [0.1, 0.15) is 5.56 Å². The van der Waals surface area contributed by atoms with Crippen LogP contribution in [0.3, 0.4) is 0 Å². The van der Waals surface area contributed by atoms with Gasteiger partial charge in [0.1, 0.15) is 5.56 Å². The van der Waals surface area contributed by atoms with Gasteiger partial charge in [0.05, 0.1) is 15.0 Å². The summed E-state index contributed by atoms with van der Waals surface area (Å²) in [7, 11) is 0. The van der Waals surface area contributed by atoms with Gasteiger partial charge in [-0.3, -0.25) is 0 Å². The van der Waals surface area contributed by atoms with E-state index in [1.165, 1.54) is 0 Å². The fraction of sp³-hybridized carbons (Fsp3) is 0.125. The van der Waals surface area contributed by atoms with Gasteiger partial charge in [0.15, 0.2) is 5.58 Å². The average molecular weight is 333 g/mol. The molecule has 0 aliphatic carbocycles. The lowest BCUT2D eigenvalue weighted by molar-refractivity contribution is -0.136. The van der Waals surface area contributed by atoms with Gasteiger partial charge >= 0.3 is 6.18 Å². The van der Waals surface area contributed by atoms with Crippen molar-refractivity contribution in [1.29, 1.82) is 0 Å². The number of H-pyrrole nitrogens is 1. The van der Waals surface area contributed by atoms with E-state index in [9.17, 15) is 13.2 Å². The van der Waals surface area contributed by atoms with E-state index in [1.807, 2.05) is 0 Å². The van der Waals surface area contributed by atoms with Crippen LogP contribution in [0.4, 0.5) is 13.2 Å². The molecule has 0 saturated carbocycles. The quantitative estimate of drug-likeness (QED) is 0.693. The first-order valence-corrected chi connectivity index (χ1v) is 5.46. The van der Waals surface area contributed by atoms with E-state index >= 15 is 0 Å². The van der Waals surface area contributed by atoms with Crippen LogP contribution in [0.5, 0.6) is 0 Å². The molecule has 86 valence electrons. The fourth-order valence-electron chi connectivity index (χ4n) is 1.32. The molecule has 1 heterocycles. The number of benzene rings is 1. The van der Waals surface area contributed by atoms with Crippen molar-refractivity contribution in [2.45, 2.75) is 6.18 Å². The van der Waals surface area contributed by atoms with E-state index in [2.05, 4.69) is 33.1 Å². The lowest BCUT2D eigenvalue weighted by atomic mass is 10.2. The maximum Gasteiger partial charge on any atom is 0.419 e. The Morgan fingerprint density at radius 3 is 2.62 bits per heavy atom. The molecule has 1 N–H and O–H groups in total. The SMILES string of the molecule is FC(F)(F)c1c(Cl)cc(Br)c2oc(=S)[nH]c12. The highest BCUT2D eigenvalue weighted by Crippen LogP contribution is 2.41. The number of hydrogen-bond acceptors (Lipinski definition) is 2. The van der Waals surface area contributed by atoms with Gasteiger partial charge in [0.2, 0.25) is 0 Å². The van der Waals surface area contributed by atoms with Crippen molar-refractivity contribution in [3.8, 4) is 0 Å². The lowest BCUT2D eigenvalue weighted by Gasteiger charge is -2.09. The molecular formula is C8H2BrClF3NOS. The molecule has 2 nitrogen and oxygen atoms in total. The first-order valence-electron chi connectivity index (χ1n) is 3.88. The molecule has 1 aromatic carbocycles. The van der Waals surface area contributed by atoms with E-state index in [0.717, 1.165) is 6.07 Å². The minimum atomic E-state index is -4.57. The number of nitrogens with one attached hydrogen (secondary N) is 1. The number of alkyl halides is 3. The average Bonchev–Trinajstić information content (AvgIpc) is 2.43. The van der Waals surface area contributed by atoms with E-state index in [-0.39, 0.29) is 15.9 Å². The van der Waals surface area contributed by atoms with Crippen LogP contribution < -0.4 is 0 Å². The Balaban J connectivity index is 2.97. The first-order chi connectivity index (χ1) is 7.30. The molecule has 0 radical (unpaired) electrons. The highest BCUT2D eigenvalue weighted by atomic mass is 79.9. The Morgan fingerprint density at radius 1 is 1.44 bits per heavy atom. The van der Waals surface area contributed by atoms with Crippen molar-refractivity contribution >= 4 is 50.8 Å². The Morgan fingerprint density at radius 2 is 2.06 bits per heavy atom. The molecule has 2 aromatic rings. The molecule has 0 amide bonds. The predicted octanol–water partition coefficient (Wildman–Crippen LogP) is 4.93. The minimum absolute atomic E-state index is 0.00160. The number of oxazole rings is 1. The second kappa shape index (κ2) is 3.75. The third-order valence-corrected chi connectivity index (χ3v) is 2.96. The van der Waals surface area contributed by atoms with E-state index in [4.69, 9.17) is 16.0 Å². The molecule has 0 aliphatic heterocycles. The number of halogens is 5. The Labute approximate surface area is 106 Å². The number of hydrogen-bond donors (Lipinski definition) is 1. The van der Waals surface area contributed by atoms with Crippen LogP contribution in [0.2, 0.25) is 5.02 Å². The number of rotatable bonds is 0. The van der Waals surface area contributed by atoms with Crippen molar-refractivity contribution in [3.63, 3.8) is 0 Å². The van der Waals surface area contributed by atoms with E-state index in [1.54, 1.807) is 0 Å². The number of fused-ring (bicyclic) bond motifs is 1. The first kappa shape index (κ1) is 11.9. The van der Waals surface area contributed by atoms with Gasteiger partial charge in [-0.15, -0.1) is 0 Å². The fourth-order valence-corrected chi connectivity index (χ4v) is 2.45. The van der Waals surface area contributed by atoms with Crippen LogP contribution >= 0.6 is 39.7 Å². The summed E-state index contributed by atoms with van der Waals surface area (Å²) in [5, 5.41) is -0.418. The maximum atomic E-state index is 12.7. The second-order valence-corrected chi connectivity index (χ2v) is 4.56. The third kappa shape index (κ3) is 1.87. The minimum Gasteiger partial charge on any atom is -0.428 e. The monoisotopic (exact) mass is 331 g/mol. The lowest BCUT2D eigenvalue weighted by Crippen LogP contribution is -2.07. The summed E-state index contributed by atoms with van der Waals surface area (Å²) in [5.41, 5.74) is -1.23. The smallest absolute Gasteiger partial charge is 0.419 e.